The molecule has 0 atom stereocenters. The van der Waals surface area contributed by atoms with E-state index < -0.39 is 0 Å². The van der Waals surface area contributed by atoms with Crippen LogP contribution < -0.4 is 10.6 Å². The van der Waals surface area contributed by atoms with Crippen LogP contribution in [0.2, 0.25) is 0 Å². The number of hydrogen-bond acceptors (Lipinski definition) is 3. The molecule has 0 fully saturated rings. The Labute approximate surface area is 118 Å². The molecule has 0 heterocycles. The van der Waals surface area contributed by atoms with Gasteiger partial charge in [0.15, 0.2) is 5.11 Å². The largest absolute Gasteiger partial charge is 0.462 e. The van der Waals surface area contributed by atoms with Gasteiger partial charge in [-0.25, -0.2) is 4.79 Å². The van der Waals surface area contributed by atoms with Gasteiger partial charge in [-0.1, -0.05) is 18.2 Å². The maximum Gasteiger partial charge on any atom is 0.338 e. The Kier molecular flexibility index (Phi) is 6.02. The topological polar surface area (TPSA) is 50.4 Å². The fraction of sp³-hybridized carbons (Fsp3) is 0.286. The van der Waals surface area contributed by atoms with Crippen molar-refractivity contribution >= 4 is 29.0 Å². The van der Waals surface area contributed by atoms with Crippen molar-refractivity contribution in [3.8, 4) is 0 Å². The highest BCUT2D eigenvalue weighted by molar-refractivity contribution is 7.80. The molecular formula is C14H18N2O2S. The normalized spacial score (nSPS) is 9.58. The maximum atomic E-state index is 11.6. The van der Waals surface area contributed by atoms with Crippen LogP contribution in [0.4, 0.5) is 5.69 Å². The smallest absolute Gasteiger partial charge is 0.338 e. The van der Waals surface area contributed by atoms with Gasteiger partial charge in [0.1, 0.15) is 0 Å². The molecule has 0 saturated carbocycles. The number of carbonyl (C=O) groups is 1. The molecule has 1 rings (SSSR count). The molecule has 102 valence electrons. The Balaban J connectivity index is 2.64. The number of rotatable bonds is 5. The van der Waals surface area contributed by atoms with Gasteiger partial charge < -0.3 is 15.4 Å². The van der Waals surface area contributed by atoms with Gasteiger partial charge in [-0.3, -0.25) is 0 Å². The molecule has 2 N–H and O–H groups in total. The average Bonchev–Trinajstić information content (AvgIpc) is 2.37. The van der Waals surface area contributed by atoms with Crippen molar-refractivity contribution in [1.29, 1.82) is 0 Å². The van der Waals surface area contributed by atoms with Gasteiger partial charge in [0.25, 0.3) is 0 Å². The molecule has 0 aliphatic heterocycles. The molecule has 19 heavy (non-hydrogen) atoms. The van der Waals surface area contributed by atoms with E-state index in [9.17, 15) is 4.79 Å². The molecule has 1 aromatic rings. The highest BCUT2D eigenvalue weighted by atomic mass is 32.1. The lowest BCUT2D eigenvalue weighted by Gasteiger charge is -2.11. The standard InChI is InChI=1S/C14H18N2O2S/c1-4-18-13(17)11-6-5-7-12(8-11)16-14(19)15-9-10(2)3/h5-8H,2,4,9H2,1,3H3,(H2,15,16,19). The van der Waals surface area contributed by atoms with E-state index in [2.05, 4.69) is 17.2 Å². The van der Waals surface area contributed by atoms with Crippen molar-refractivity contribution in [1.82, 2.24) is 5.32 Å². The SMILES string of the molecule is C=C(C)CNC(=S)Nc1cccc(C(=O)OCC)c1. The average molecular weight is 278 g/mol. The van der Waals surface area contributed by atoms with E-state index in [1.54, 1.807) is 25.1 Å². The Morgan fingerprint density at radius 2 is 2.21 bits per heavy atom. The first-order chi connectivity index (χ1) is 9.02. The minimum absolute atomic E-state index is 0.341. The van der Waals surface area contributed by atoms with E-state index in [1.165, 1.54) is 0 Å². The fourth-order valence-corrected chi connectivity index (χ4v) is 1.53. The van der Waals surface area contributed by atoms with Crippen LogP contribution in [-0.4, -0.2) is 24.2 Å². The van der Waals surface area contributed by atoms with E-state index in [0.717, 1.165) is 11.3 Å². The van der Waals surface area contributed by atoms with Crippen molar-refractivity contribution in [2.45, 2.75) is 13.8 Å². The maximum absolute atomic E-state index is 11.6. The number of benzene rings is 1. The first kappa shape index (κ1) is 15.2. The predicted octanol–water partition coefficient (Wildman–Crippen LogP) is 2.73. The molecule has 0 spiro atoms. The third kappa shape index (κ3) is 5.52. The number of thiocarbonyl (C=S) groups is 1. The highest BCUT2D eigenvalue weighted by Gasteiger charge is 2.07. The molecule has 0 aromatic heterocycles. The van der Waals surface area contributed by atoms with Crippen LogP contribution in [0.5, 0.6) is 0 Å². The van der Waals surface area contributed by atoms with Gasteiger partial charge in [-0.2, -0.15) is 0 Å². The van der Waals surface area contributed by atoms with Crippen LogP contribution in [0.15, 0.2) is 36.4 Å². The summed E-state index contributed by atoms with van der Waals surface area (Å²) in [5.41, 5.74) is 2.23. The molecule has 0 aliphatic rings. The second-order valence-electron chi connectivity index (χ2n) is 4.07. The van der Waals surface area contributed by atoms with Crippen LogP contribution in [-0.2, 0) is 4.74 Å². The first-order valence-electron chi connectivity index (χ1n) is 5.99. The molecule has 0 bridgehead atoms. The van der Waals surface area contributed by atoms with E-state index in [-0.39, 0.29) is 5.97 Å². The lowest BCUT2D eigenvalue weighted by atomic mass is 10.2. The zero-order valence-electron chi connectivity index (χ0n) is 11.2. The fourth-order valence-electron chi connectivity index (χ4n) is 1.34. The molecule has 0 unspecified atom stereocenters. The molecule has 0 radical (unpaired) electrons. The predicted molar refractivity (Wildman–Crippen MR) is 81.4 cm³/mol. The van der Waals surface area contributed by atoms with Crippen LogP contribution >= 0.6 is 12.2 Å². The van der Waals surface area contributed by atoms with Crippen LogP contribution in [0.25, 0.3) is 0 Å². The molecule has 1 aromatic carbocycles. The second kappa shape index (κ2) is 7.53. The summed E-state index contributed by atoms with van der Waals surface area (Å²) in [5.74, 6) is -0.341. The van der Waals surface area contributed by atoms with Crippen LogP contribution in [0, 0.1) is 0 Å². The van der Waals surface area contributed by atoms with Crippen LogP contribution in [0.3, 0.4) is 0 Å². The summed E-state index contributed by atoms with van der Waals surface area (Å²) in [4.78, 5) is 11.6. The van der Waals surface area contributed by atoms with E-state index >= 15 is 0 Å². The summed E-state index contributed by atoms with van der Waals surface area (Å²) in [5, 5.41) is 6.50. The molecule has 4 nitrogen and oxygen atoms in total. The van der Waals surface area contributed by atoms with Crippen LogP contribution in [0.1, 0.15) is 24.2 Å². The van der Waals surface area contributed by atoms with Crippen molar-refractivity contribution < 1.29 is 9.53 Å². The molecular weight excluding hydrogens is 260 g/mol. The number of carbonyl (C=O) groups excluding carboxylic acids is 1. The Hall–Kier alpha value is -1.88. The third-order valence-electron chi connectivity index (χ3n) is 2.18. The van der Waals surface area contributed by atoms with Crippen molar-refractivity contribution in [2.24, 2.45) is 0 Å². The lowest BCUT2D eigenvalue weighted by molar-refractivity contribution is 0.0526. The third-order valence-corrected chi connectivity index (χ3v) is 2.43. The molecule has 0 aliphatic carbocycles. The monoisotopic (exact) mass is 278 g/mol. The minimum Gasteiger partial charge on any atom is -0.462 e. The zero-order chi connectivity index (χ0) is 14.3. The second-order valence-corrected chi connectivity index (χ2v) is 4.47. The Morgan fingerprint density at radius 1 is 1.47 bits per heavy atom. The first-order valence-corrected chi connectivity index (χ1v) is 6.40. The van der Waals surface area contributed by atoms with Gasteiger partial charge in [0.2, 0.25) is 0 Å². The number of hydrogen-bond donors (Lipinski definition) is 2. The summed E-state index contributed by atoms with van der Waals surface area (Å²) in [6.45, 7) is 8.44. The van der Waals surface area contributed by atoms with E-state index in [4.69, 9.17) is 17.0 Å². The van der Waals surface area contributed by atoms with Crippen molar-refractivity contribution in [3.05, 3.63) is 42.0 Å². The number of nitrogens with one attached hydrogen (secondary N) is 2. The number of ether oxygens (including phenoxy) is 1. The number of esters is 1. The summed E-state index contributed by atoms with van der Waals surface area (Å²) >= 11 is 5.14. The summed E-state index contributed by atoms with van der Waals surface area (Å²) in [7, 11) is 0. The van der Waals surface area contributed by atoms with Gasteiger partial charge in [-0.05, 0) is 44.3 Å². The minimum atomic E-state index is -0.341. The van der Waals surface area contributed by atoms with Gasteiger partial charge in [0.05, 0.1) is 12.2 Å². The quantitative estimate of drug-likeness (QED) is 0.493. The molecule has 0 amide bonds. The lowest BCUT2D eigenvalue weighted by Crippen LogP contribution is -2.29. The zero-order valence-corrected chi connectivity index (χ0v) is 12.0. The highest BCUT2D eigenvalue weighted by Crippen LogP contribution is 2.11. The van der Waals surface area contributed by atoms with Gasteiger partial charge in [-0.15, -0.1) is 0 Å². The molecule has 5 heteroatoms. The summed E-state index contributed by atoms with van der Waals surface area (Å²) in [6, 6.07) is 7.01. The molecule has 0 saturated heterocycles. The summed E-state index contributed by atoms with van der Waals surface area (Å²) in [6.07, 6.45) is 0. The Bertz CT molecular complexity index is 486. The van der Waals surface area contributed by atoms with Crippen molar-refractivity contribution in [3.63, 3.8) is 0 Å². The van der Waals surface area contributed by atoms with E-state index in [0.29, 0.717) is 23.8 Å². The van der Waals surface area contributed by atoms with E-state index in [1.807, 2.05) is 13.0 Å². The Morgan fingerprint density at radius 3 is 2.84 bits per heavy atom. The number of anilines is 1. The van der Waals surface area contributed by atoms with Gasteiger partial charge in [0, 0.05) is 12.2 Å². The summed E-state index contributed by atoms with van der Waals surface area (Å²) < 4.78 is 4.94. The van der Waals surface area contributed by atoms with Gasteiger partial charge >= 0.3 is 5.97 Å². The van der Waals surface area contributed by atoms with Crippen molar-refractivity contribution in [2.75, 3.05) is 18.5 Å².